The third-order valence-corrected chi connectivity index (χ3v) is 6.67. The molecule has 0 amide bonds. The molecule has 3 atom stereocenters. The largest absolute Gasteiger partial charge is 0.336 e. The zero-order valence-corrected chi connectivity index (χ0v) is 16.3. The van der Waals surface area contributed by atoms with Gasteiger partial charge in [-0.05, 0) is 73.0 Å². The second-order valence-electron chi connectivity index (χ2n) is 9.82. The zero-order chi connectivity index (χ0) is 17.9. The van der Waals surface area contributed by atoms with Crippen molar-refractivity contribution in [2.45, 2.75) is 65.3 Å². The number of aryl methyl sites for hydroxylation is 1. The van der Waals surface area contributed by atoms with Crippen LogP contribution in [-0.2, 0) is 6.42 Å². The SMILES string of the molecule is CC(C)(C)CC1CCC2C(C=CC3=CCCc4c3n2c2ccncc42)C1. The summed E-state index contributed by atoms with van der Waals surface area (Å²) in [6, 6.07) is 2.86. The van der Waals surface area contributed by atoms with E-state index in [9.17, 15) is 0 Å². The fraction of sp³-hybridized carbons (Fsp3) is 0.542. The first kappa shape index (κ1) is 16.4. The lowest BCUT2D eigenvalue weighted by Crippen LogP contribution is -2.28. The highest BCUT2D eigenvalue weighted by Crippen LogP contribution is 2.48. The van der Waals surface area contributed by atoms with Gasteiger partial charge in [0.05, 0.1) is 11.2 Å². The van der Waals surface area contributed by atoms with Gasteiger partial charge in [-0.15, -0.1) is 0 Å². The van der Waals surface area contributed by atoms with Gasteiger partial charge in [-0.1, -0.05) is 39.0 Å². The van der Waals surface area contributed by atoms with E-state index in [1.807, 2.05) is 6.20 Å². The minimum atomic E-state index is 0.435. The predicted molar refractivity (Wildman–Crippen MR) is 109 cm³/mol. The van der Waals surface area contributed by atoms with Crippen molar-refractivity contribution in [1.82, 2.24) is 9.55 Å². The molecule has 0 aromatic carbocycles. The second kappa shape index (κ2) is 5.84. The maximum Gasteiger partial charge on any atom is 0.0524 e. The van der Waals surface area contributed by atoms with Gasteiger partial charge in [0.25, 0.3) is 0 Å². The summed E-state index contributed by atoms with van der Waals surface area (Å²) in [6.45, 7) is 7.17. The molecule has 2 aliphatic carbocycles. The van der Waals surface area contributed by atoms with Crippen molar-refractivity contribution in [2.75, 3.05) is 0 Å². The summed E-state index contributed by atoms with van der Waals surface area (Å²) in [7, 11) is 0. The van der Waals surface area contributed by atoms with Gasteiger partial charge in [-0.2, -0.15) is 0 Å². The molecule has 0 spiro atoms. The third kappa shape index (κ3) is 2.57. The average molecular weight is 347 g/mol. The zero-order valence-electron chi connectivity index (χ0n) is 16.3. The van der Waals surface area contributed by atoms with Gasteiger partial charge in [0.1, 0.15) is 0 Å². The van der Waals surface area contributed by atoms with Crippen molar-refractivity contribution in [3.63, 3.8) is 0 Å². The summed E-state index contributed by atoms with van der Waals surface area (Å²) in [4.78, 5) is 4.44. The van der Waals surface area contributed by atoms with E-state index >= 15 is 0 Å². The molecule has 1 aliphatic heterocycles. The van der Waals surface area contributed by atoms with Gasteiger partial charge in [0, 0.05) is 23.8 Å². The highest BCUT2D eigenvalue weighted by molar-refractivity contribution is 5.92. The number of hydrogen-bond acceptors (Lipinski definition) is 1. The molecule has 1 fully saturated rings. The molecule has 2 aromatic heterocycles. The van der Waals surface area contributed by atoms with E-state index < -0.39 is 0 Å². The summed E-state index contributed by atoms with van der Waals surface area (Å²) in [5.41, 5.74) is 6.32. The van der Waals surface area contributed by atoms with Crippen molar-refractivity contribution in [3.8, 4) is 0 Å². The third-order valence-electron chi connectivity index (χ3n) is 6.67. The molecule has 0 bridgehead atoms. The van der Waals surface area contributed by atoms with E-state index in [-0.39, 0.29) is 0 Å². The van der Waals surface area contributed by atoms with Crippen LogP contribution >= 0.6 is 0 Å². The van der Waals surface area contributed by atoms with Crippen LogP contribution in [0, 0.1) is 17.3 Å². The molecule has 0 N–H and O–H groups in total. The van der Waals surface area contributed by atoms with E-state index in [0.717, 1.165) is 18.8 Å². The topological polar surface area (TPSA) is 17.8 Å². The van der Waals surface area contributed by atoms with Crippen LogP contribution in [0.1, 0.15) is 70.2 Å². The summed E-state index contributed by atoms with van der Waals surface area (Å²) in [5.74, 6) is 1.53. The van der Waals surface area contributed by atoms with Crippen LogP contribution in [0.2, 0.25) is 0 Å². The Bertz CT molecular complexity index is 906. The fourth-order valence-corrected chi connectivity index (χ4v) is 5.84. The van der Waals surface area contributed by atoms with Gasteiger partial charge in [0.15, 0.2) is 0 Å². The molecule has 3 aliphatic rings. The van der Waals surface area contributed by atoms with Gasteiger partial charge >= 0.3 is 0 Å². The number of allylic oxidation sites excluding steroid dienone is 4. The number of aromatic nitrogens is 2. The molecule has 2 nitrogen and oxygen atoms in total. The Hall–Kier alpha value is -1.83. The smallest absolute Gasteiger partial charge is 0.0524 e. The molecule has 2 heteroatoms. The summed E-state index contributed by atoms with van der Waals surface area (Å²) >= 11 is 0. The Morgan fingerprint density at radius 3 is 2.96 bits per heavy atom. The van der Waals surface area contributed by atoms with Crippen LogP contribution in [-0.4, -0.2) is 9.55 Å². The number of nitrogens with zero attached hydrogens (tertiary/aromatic N) is 2. The normalized spacial score (nSPS) is 27.7. The van der Waals surface area contributed by atoms with Crippen LogP contribution in [0.15, 0.2) is 36.7 Å². The van der Waals surface area contributed by atoms with Crippen molar-refractivity contribution >= 4 is 16.5 Å². The van der Waals surface area contributed by atoms with E-state index in [2.05, 4.69) is 60.8 Å². The predicted octanol–water partition coefficient (Wildman–Crippen LogP) is 6.33. The molecular weight excluding hydrogens is 316 g/mol. The maximum atomic E-state index is 4.44. The highest BCUT2D eigenvalue weighted by Gasteiger charge is 2.36. The Morgan fingerprint density at radius 1 is 1.23 bits per heavy atom. The fourth-order valence-electron chi connectivity index (χ4n) is 5.84. The quantitative estimate of drug-likeness (QED) is 0.590. The van der Waals surface area contributed by atoms with Crippen LogP contribution in [0.3, 0.4) is 0 Å². The number of hydrogen-bond donors (Lipinski definition) is 0. The lowest BCUT2D eigenvalue weighted by molar-refractivity contribution is 0.173. The first-order chi connectivity index (χ1) is 12.5. The van der Waals surface area contributed by atoms with E-state index in [4.69, 9.17) is 0 Å². The van der Waals surface area contributed by atoms with Crippen molar-refractivity contribution in [1.29, 1.82) is 0 Å². The molecular formula is C24H30N2. The summed E-state index contributed by atoms with van der Waals surface area (Å²) in [5, 5.41) is 1.39. The minimum absolute atomic E-state index is 0.435. The van der Waals surface area contributed by atoms with Crippen LogP contribution in [0.4, 0.5) is 0 Å². The molecule has 3 unspecified atom stereocenters. The van der Waals surface area contributed by atoms with E-state index in [1.165, 1.54) is 53.4 Å². The second-order valence-corrected chi connectivity index (χ2v) is 9.82. The lowest BCUT2D eigenvalue weighted by atomic mass is 9.72. The maximum absolute atomic E-state index is 4.44. The van der Waals surface area contributed by atoms with Crippen LogP contribution < -0.4 is 0 Å². The van der Waals surface area contributed by atoms with Crippen LogP contribution in [0.25, 0.3) is 16.5 Å². The molecule has 2 aromatic rings. The summed E-state index contributed by atoms with van der Waals surface area (Å²) < 4.78 is 2.70. The highest BCUT2D eigenvalue weighted by atomic mass is 15.0. The number of pyridine rings is 1. The standard InChI is InChI=1S/C24H30N2/c1-24(2,3)14-16-7-10-21-18(13-16)9-8-17-5-4-6-19-20-15-25-12-11-22(20)26(21)23(17)19/h5,8-9,11-12,15-16,18,21H,4,6-7,10,13-14H2,1-3H3. The lowest BCUT2D eigenvalue weighted by Gasteiger charge is -2.38. The first-order valence-electron chi connectivity index (χ1n) is 10.4. The molecule has 1 saturated carbocycles. The Balaban J connectivity index is 1.61. The number of rotatable bonds is 1. The Kier molecular flexibility index (Phi) is 3.67. The molecule has 5 rings (SSSR count). The van der Waals surface area contributed by atoms with Gasteiger partial charge in [-0.3, -0.25) is 4.98 Å². The molecule has 0 saturated heterocycles. The van der Waals surface area contributed by atoms with Crippen molar-refractivity contribution in [3.05, 3.63) is 47.9 Å². The van der Waals surface area contributed by atoms with E-state index in [1.54, 1.807) is 0 Å². The summed E-state index contributed by atoms with van der Waals surface area (Å²) in [6.07, 6.45) is 19.2. The molecule has 0 radical (unpaired) electrons. The average Bonchev–Trinajstić information content (AvgIpc) is 2.84. The molecule has 3 heterocycles. The van der Waals surface area contributed by atoms with Gasteiger partial charge < -0.3 is 4.57 Å². The van der Waals surface area contributed by atoms with Crippen molar-refractivity contribution in [2.24, 2.45) is 17.3 Å². The Morgan fingerprint density at radius 2 is 2.12 bits per heavy atom. The minimum Gasteiger partial charge on any atom is -0.336 e. The monoisotopic (exact) mass is 346 g/mol. The van der Waals surface area contributed by atoms with Gasteiger partial charge in [0.2, 0.25) is 0 Å². The van der Waals surface area contributed by atoms with Crippen molar-refractivity contribution < 1.29 is 0 Å². The number of fused-ring (bicyclic) bond motifs is 5. The molecule has 26 heavy (non-hydrogen) atoms. The molecule has 136 valence electrons. The van der Waals surface area contributed by atoms with Crippen LogP contribution in [0.5, 0.6) is 0 Å². The first-order valence-corrected chi connectivity index (χ1v) is 10.4. The van der Waals surface area contributed by atoms with Gasteiger partial charge in [-0.25, -0.2) is 0 Å². The van der Waals surface area contributed by atoms with E-state index in [0.29, 0.717) is 17.4 Å². The Labute approximate surface area is 157 Å².